The van der Waals surface area contributed by atoms with Crippen molar-refractivity contribution >= 4 is 5.91 Å². The number of benzene rings is 2. The second-order valence-electron chi connectivity index (χ2n) is 7.69. The van der Waals surface area contributed by atoms with Crippen molar-refractivity contribution in [3.05, 3.63) is 71.3 Å². The van der Waals surface area contributed by atoms with Gasteiger partial charge in [-0.2, -0.15) is 0 Å². The Balaban J connectivity index is 1.71. The lowest BCUT2D eigenvalue weighted by molar-refractivity contribution is 0.0952. The van der Waals surface area contributed by atoms with Gasteiger partial charge in [0.25, 0.3) is 5.91 Å². The molecule has 0 spiro atoms. The van der Waals surface area contributed by atoms with Crippen LogP contribution in [0.3, 0.4) is 0 Å². The van der Waals surface area contributed by atoms with Gasteiger partial charge in [0.15, 0.2) is 0 Å². The summed E-state index contributed by atoms with van der Waals surface area (Å²) < 4.78 is 0. The number of hydrogen-bond donors (Lipinski definition) is 1. The molecule has 28 heavy (non-hydrogen) atoms. The van der Waals surface area contributed by atoms with Crippen LogP contribution < -0.4 is 5.32 Å². The highest BCUT2D eigenvalue weighted by molar-refractivity contribution is 5.94. The molecule has 0 aliphatic heterocycles. The van der Waals surface area contributed by atoms with E-state index in [0.717, 1.165) is 38.2 Å². The highest BCUT2D eigenvalue weighted by atomic mass is 16.1. The van der Waals surface area contributed by atoms with E-state index >= 15 is 0 Å². The first kappa shape index (κ1) is 22.1. The summed E-state index contributed by atoms with van der Waals surface area (Å²) in [5.74, 6) is 0.00784. The molecule has 1 amide bonds. The van der Waals surface area contributed by atoms with Gasteiger partial charge in [0.1, 0.15) is 0 Å². The summed E-state index contributed by atoms with van der Waals surface area (Å²) in [5.41, 5.74) is 3.29. The van der Waals surface area contributed by atoms with Crippen molar-refractivity contribution in [2.75, 3.05) is 26.7 Å². The molecule has 1 N–H and O–H groups in total. The quantitative estimate of drug-likeness (QED) is 0.594. The van der Waals surface area contributed by atoms with E-state index in [0.29, 0.717) is 12.6 Å². The molecule has 0 aromatic heterocycles. The van der Waals surface area contributed by atoms with Crippen LogP contribution in [-0.4, -0.2) is 48.4 Å². The standard InChI is InChI=1S/C24H35N3O/c1-5-27(20(2)3)19-22-12-14-23(15-13-22)24(28)25-16-9-17-26(4)18-21-10-7-6-8-11-21/h6-8,10-15,20H,5,9,16-19H2,1-4H3,(H,25,28). The Morgan fingerprint density at radius 1 is 0.964 bits per heavy atom. The summed E-state index contributed by atoms with van der Waals surface area (Å²) in [6, 6.07) is 19.0. The third-order valence-corrected chi connectivity index (χ3v) is 5.04. The zero-order valence-corrected chi connectivity index (χ0v) is 17.8. The Bertz CT molecular complexity index is 698. The molecule has 0 atom stereocenters. The molecule has 0 fully saturated rings. The summed E-state index contributed by atoms with van der Waals surface area (Å²) in [4.78, 5) is 17.0. The Hall–Kier alpha value is -2.17. The fraction of sp³-hybridized carbons (Fsp3) is 0.458. The molecule has 4 nitrogen and oxygen atoms in total. The van der Waals surface area contributed by atoms with E-state index < -0.39 is 0 Å². The van der Waals surface area contributed by atoms with Crippen molar-refractivity contribution in [2.45, 2.75) is 46.3 Å². The predicted octanol–water partition coefficient (Wildman–Crippen LogP) is 4.17. The van der Waals surface area contributed by atoms with Gasteiger partial charge in [-0.3, -0.25) is 9.69 Å². The third-order valence-electron chi connectivity index (χ3n) is 5.04. The smallest absolute Gasteiger partial charge is 0.251 e. The van der Waals surface area contributed by atoms with Gasteiger partial charge < -0.3 is 10.2 Å². The second kappa shape index (κ2) is 11.6. The zero-order chi connectivity index (χ0) is 20.4. The maximum absolute atomic E-state index is 12.3. The van der Waals surface area contributed by atoms with Crippen LogP contribution in [0.5, 0.6) is 0 Å². The lowest BCUT2D eigenvalue weighted by Gasteiger charge is -2.24. The highest BCUT2D eigenvalue weighted by Crippen LogP contribution is 2.10. The maximum atomic E-state index is 12.3. The SMILES string of the molecule is CCN(Cc1ccc(C(=O)NCCCN(C)Cc2ccccc2)cc1)C(C)C. The summed E-state index contributed by atoms with van der Waals surface area (Å²) in [5, 5.41) is 3.03. The molecule has 0 bridgehead atoms. The van der Waals surface area contributed by atoms with Gasteiger partial charge in [-0.1, -0.05) is 49.4 Å². The average molecular weight is 382 g/mol. The van der Waals surface area contributed by atoms with E-state index in [1.165, 1.54) is 11.1 Å². The average Bonchev–Trinajstić information content (AvgIpc) is 2.70. The molecule has 0 aliphatic rings. The first-order valence-electron chi connectivity index (χ1n) is 10.3. The van der Waals surface area contributed by atoms with Gasteiger partial charge in [-0.15, -0.1) is 0 Å². The Morgan fingerprint density at radius 3 is 2.21 bits per heavy atom. The molecule has 2 aromatic rings. The first-order valence-corrected chi connectivity index (χ1v) is 10.3. The minimum atomic E-state index is 0.00784. The van der Waals surface area contributed by atoms with E-state index in [1.807, 2.05) is 18.2 Å². The molecule has 4 heteroatoms. The fourth-order valence-electron chi connectivity index (χ4n) is 3.28. The van der Waals surface area contributed by atoms with Crippen LogP contribution in [0.15, 0.2) is 54.6 Å². The maximum Gasteiger partial charge on any atom is 0.251 e. The normalized spacial score (nSPS) is 11.4. The van der Waals surface area contributed by atoms with Gasteiger partial charge in [-0.05, 0) is 63.7 Å². The molecule has 0 aliphatic carbocycles. The van der Waals surface area contributed by atoms with Crippen molar-refractivity contribution in [3.63, 3.8) is 0 Å². The molecule has 2 aromatic carbocycles. The molecule has 2 rings (SSSR count). The summed E-state index contributed by atoms with van der Waals surface area (Å²) in [7, 11) is 2.12. The lowest BCUT2D eigenvalue weighted by Crippen LogP contribution is -2.30. The van der Waals surface area contributed by atoms with E-state index in [2.05, 4.69) is 79.3 Å². The Kier molecular flexibility index (Phi) is 9.18. The van der Waals surface area contributed by atoms with Gasteiger partial charge in [0.2, 0.25) is 0 Å². The topological polar surface area (TPSA) is 35.6 Å². The van der Waals surface area contributed by atoms with Crippen LogP contribution >= 0.6 is 0 Å². The van der Waals surface area contributed by atoms with Crippen LogP contribution in [0, 0.1) is 0 Å². The van der Waals surface area contributed by atoms with Crippen molar-refractivity contribution < 1.29 is 4.79 Å². The summed E-state index contributed by atoms with van der Waals surface area (Å²) in [6.45, 7) is 11.1. The molecule has 0 unspecified atom stereocenters. The van der Waals surface area contributed by atoms with Gasteiger partial charge in [-0.25, -0.2) is 0 Å². The van der Waals surface area contributed by atoms with Gasteiger partial charge >= 0.3 is 0 Å². The third kappa shape index (κ3) is 7.45. The van der Waals surface area contributed by atoms with Crippen molar-refractivity contribution in [1.82, 2.24) is 15.1 Å². The van der Waals surface area contributed by atoms with Crippen molar-refractivity contribution in [3.8, 4) is 0 Å². The number of nitrogens with one attached hydrogen (secondary N) is 1. The van der Waals surface area contributed by atoms with E-state index in [9.17, 15) is 4.79 Å². The lowest BCUT2D eigenvalue weighted by atomic mass is 10.1. The number of amides is 1. The van der Waals surface area contributed by atoms with E-state index in [-0.39, 0.29) is 5.91 Å². The summed E-state index contributed by atoms with van der Waals surface area (Å²) >= 11 is 0. The largest absolute Gasteiger partial charge is 0.352 e. The Labute approximate surface area is 170 Å². The monoisotopic (exact) mass is 381 g/mol. The minimum Gasteiger partial charge on any atom is -0.352 e. The number of nitrogens with zero attached hydrogens (tertiary/aromatic N) is 2. The highest BCUT2D eigenvalue weighted by Gasteiger charge is 2.09. The predicted molar refractivity (Wildman–Crippen MR) is 117 cm³/mol. The van der Waals surface area contributed by atoms with Crippen LogP contribution in [0.1, 0.15) is 48.7 Å². The molecule has 0 radical (unpaired) electrons. The zero-order valence-electron chi connectivity index (χ0n) is 17.8. The first-order chi connectivity index (χ1) is 13.5. The van der Waals surface area contributed by atoms with Gasteiger partial charge in [0, 0.05) is 31.2 Å². The Morgan fingerprint density at radius 2 is 1.61 bits per heavy atom. The summed E-state index contributed by atoms with van der Waals surface area (Å²) in [6.07, 6.45) is 0.938. The van der Waals surface area contributed by atoms with E-state index in [4.69, 9.17) is 0 Å². The fourth-order valence-corrected chi connectivity index (χ4v) is 3.28. The number of carbonyl (C=O) groups is 1. The number of carbonyl (C=O) groups excluding carboxylic acids is 1. The number of rotatable bonds is 11. The van der Waals surface area contributed by atoms with Crippen LogP contribution in [0.25, 0.3) is 0 Å². The van der Waals surface area contributed by atoms with Crippen molar-refractivity contribution in [1.29, 1.82) is 0 Å². The van der Waals surface area contributed by atoms with Crippen molar-refractivity contribution in [2.24, 2.45) is 0 Å². The molecule has 0 heterocycles. The van der Waals surface area contributed by atoms with Crippen LogP contribution in [-0.2, 0) is 13.1 Å². The second-order valence-corrected chi connectivity index (χ2v) is 7.69. The van der Waals surface area contributed by atoms with E-state index in [1.54, 1.807) is 0 Å². The molecular weight excluding hydrogens is 346 g/mol. The molecule has 0 saturated heterocycles. The van der Waals surface area contributed by atoms with Crippen LogP contribution in [0.2, 0.25) is 0 Å². The van der Waals surface area contributed by atoms with Gasteiger partial charge in [0.05, 0.1) is 0 Å². The molecule has 0 saturated carbocycles. The minimum absolute atomic E-state index is 0.00784. The molecular formula is C24H35N3O. The molecule has 152 valence electrons. The number of hydrogen-bond acceptors (Lipinski definition) is 3. The van der Waals surface area contributed by atoms with Crippen LogP contribution in [0.4, 0.5) is 0 Å².